The fraction of sp³-hybridized carbons (Fsp3) is 0.406. The van der Waals surface area contributed by atoms with E-state index in [9.17, 15) is 9.59 Å². The summed E-state index contributed by atoms with van der Waals surface area (Å²) in [6.07, 6.45) is 6.44. The monoisotopic (exact) mass is 560 g/mol. The Morgan fingerprint density at radius 3 is 2.44 bits per heavy atom. The highest BCUT2D eigenvalue weighted by Crippen LogP contribution is 2.33. The Morgan fingerprint density at radius 1 is 0.951 bits per heavy atom. The van der Waals surface area contributed by atoms with Crippen LogP contribution in [0.25, 0.3) is 22.2 Å². The summed E-state index contributed by atoms with van der Waals surface area (Å²) in [4.78, 5) is 36.6. The van der Waals surface area contributed by atoms with Crippen LogP contribution >= 0.6 is 0 Å². The van der Waals surface area contributed by atoms with Crippen molar-refractivity contribution in [2.75, 3.05) is 21.3 Å². The molecular weight excluding hydrogens is 520 g/mol. The summed E-state index contributed by atoms with van der Waals surface area (Å²) >= 11 is 0. The average molecular weight is 561 g/mol. The van der Waals surface area contributed by atoms with Gasteiger partial charge < -0.3 is 29.5 Å². The molecule has 0 radical (unpaired) electrons. The van der Waals surface area contributed by atoms with E-state index in [1.54, 1.807) is 27.5 Å². The quantitative estimate of drug-likeness (QED) is 0.149. The van der Waals surface area contributed by atoms with Crippen LogP contribution in [0.5, 0.6) is 17.2 Å². The first-order valence-corrected chi connectivity index (χ1v) is 14.1. The van der Waals surface area contributed by atoms with E-state index in [4.69, 9.17) is 14.2 Å². The number of rotatable bonds is 15. The van der Waals surface area contributed by atoms with Crippen LogP contribution in [0.2, 0.25) is 0 Å². The van der Waals surface area contributed by atoms with Crippen LogP contribution in [0.1, 0.15) is 68.6 Å². The molecule has 0 aliphatic heterocycles. The lowest BCUT2D eigenvalue weighted by molar-refractivity contribution is -0.121. The molecule has 9 nitrogen and oxygen atoms in total. The van der Waals surface area contributed by atoms with Crippen molar-refractivity contribution >= 4 is 22.6 Å². The third kappa shape index (κ3) is 7.28. The highest BCUT2D eigenvalue weighted by molar-refractivity contribution is 5.91. The number of unbranched alkanes of at least 4 members (excludes halogenated alkanes) is 2. The summed E-state index contributed by atoms with van der Waals surface area (Å²) in [6, 6.07) is 11.1. The van der Waals surface area contributed by atoms with Gasteiger partial charge in [-0.3, -0.25) is 9.59 Å². The van der Waals surface area contributed by atoms with E-state index >= 15 is 0 Å². The maximum absolute atomic E-state index is 13.4. The van der Waals surface area contributed by atoms with Crippen LogP contribution in [-0.4, -0.2) is 48.0 Å². The molecule has 0 unspecified atom stereocenters. The van der Waals surface area contributed by atoms with E-state index in [0.717, 1.165) is 58.4 Å². The van der Waals surface area contributed by atoms with Crippen molar-refractivity contribution < 1.29 is 23.8 Å². The van der Waals surface area contributed by atoms with Crippen molar-refractivity contribution in [2.24, 2.45) is 0 Å². The molecule has 2 heterocycles. The number of fused-ring (bicyclic) bond motifs is 1. The fourth-order valence-corrected chi connectivity index (χ4v) is 5.10. The second-order valence-electron chi connectivity index (χ2n) is 10.2. The number of aryl methyl sites for hydroxylation is 1. The van der Waals surface area contributed by atoms with E-state index in [1.165, 1.54) is 0 Å². The fourth-order valence-electron chi connectivity index (χ4n) is 5.10. The number of hydrogen-bond acceptors (Lipinski definition) is 6. The highest BCUT2D eigenvalue weighted by Gasteiger charge is 2.21. The molecule has 0 fully saturated rings. The van der Waals surface area contributed by atoms with Crippen LogP contribution in [0.4, 0.5) is 0 Å². The molecule has 0 aliphatic rings. The van der Waals surface area contributed by atoms with Crippen LogP contribution < -0.4 is 19.5 Å². The average Bonchev–Trinajstić information content (AvgIpc) is 3.60. The lowest BCUT2D eigenvalue weighted by atomic mass is 10.0. The van der Waals surface area contributed by atoms with Crippen LogP contribution in [0.3, 0.4) is 0 Å². The first-order valence-electron chi connectivity index (χ1n) is 14.1. The predicted molar refractivity (Wildman–Crippen MR) is 160 cm³/mol. The second kappa shape index (κ2) is 13.9. The number of Topliss-reactive ketones (excluding diaryl/α,β-unsaturated/α-hetero) is 1. The minimum Gasteiger partial charge on any atom is -0.497 e. The van der Waals surface area contributed by atoms with Gasteiger partial charge in [0.2, 0.25) is 5.91 Å². The predicted octanol–water partition coefficient (Wildman–Crippen LogP) is 6.22. The number of imidazole rings is 1. The smallest absolute Gasteiger partial charge is 0.225 e. The van der Waals surface area contributed by atoms with Gasteiger partial charge in [0.25, 0.3) is 0 Å². The van der Waals surface area contributed by atoms with Crippen LogP contribution in [0, 0.1) is 6.92 Å². The first kappa shape index (κ1) is 29.7. The van der Waals surface area contributed by atoms with Gasteiger partial charge in [-0.25, -0.2) is 4.98 Å². The van der Waals surface area contributed by atoms with Crippen LogP contribution in [-0.2, 0) is 16.0 Å². The van der Waals surface area contributed by atoms with E-state index in [2.05, 4.69) is 20.3 Å². The number of carbonyl (C=O) groups is 2. The third-order valence-electron chi connectivity index (χ3n) is 7.47. The number of nitrogens with zero attached hydrogens (tertiary/aromatic N) is 1. The molecule has 0 saturated heterocycles. The minimum absolute atomic E-state index is 0.0945. The largest absolute Gasteiger partial charge is 0.497 e. The number of H-pyrrole nitrogens is 2. The molecule has 9 heteroatoms. The first-order chi connectivity index (χ1) is 19.9. The molecule has 0 bridgehead atoms. The van der Waals surface area contributed by atoms with Crippen molar-refractivity contribution in [1.29, 1.82) is 0 Å². The molecular formula is C32H40N4O5. The molecule has 0 saturated carbocycles. The Hall–Kier alpha value is -4.27. The zero-order valence-electron chi connectivity index (χ0n) is 24.6. The van der Waals surface area contributed by atoms with Gasteiger partial charge in [0, 0.05) is 41.1 Å². The minimum atomic E-state index is -0.317. The molecule has 2 aromatic heterocycles. The van der Waals surface area contributed by atoms with Crippen molar-refractivity contribution in [3.8, 4) is 28.5 Å². The summed E-state index contributed by atoms with van der Waals surface area (Å²) in [6.45, 7) is 3.87. The Bertz CT molecular complexity index is 1490. The Labute approximate surface area is 241 Å². The molecule has 4 aromatic rings. The number of amides is 1. The zero-order valence-corrected chi connectivity index (χ0v) is 24.6. The van der Waals surface area contributed by atoms with E-state index in [1.807, 2.05) is 50.2 Å². The molecule has 0 aliphatic carbocycles. The molecule has 3 N–H and O–H groups in total. The summed E-state index contributed by atoms with van der Waals surface area (Å²) in [5.74, 6) is 2.96. The van der Waals surface area contributed by atoms with Gasteiger partial charge in [-0.15, -0.1) is 0 Å². The van der Waals surface area contributed by atoms with Gasteiger partial charge in [-0.2, -0.15) is 0 Å². The lowest BCUT2D eigenvalue weighted by Crippen LogP contribution is -2.30. The normalized spacial score (nSPS) is 11.8. The molecule has 1 amide bonds. The molecule has 0 spiro atoms. The van der Waals surface area contributed by atoms with Crippen molar-refractivity contribution in [2.45, 2.75) is 64.8 Å². The number of ether oxygens (including phenoxy) is 3. The topological polar surface area (TPSA) is 118 Å². The van der Waals surface area contributed by atoms with Crippen LogP contribution in [0.15, 0.2) is 42.6 Å². The number of carbonyl (C=O) groups excluding carboxylic acids is 2. The number of ketones is 1. The number of benzene rings is 2. The maximum atomic E-state index is 13.4. The van der Waals surface area contributed by atoms with Gasteiger partial charge in [-0.1, -0.05) is 19.8 Å². The van der Waals surface area contributed by atoms with Crippen molar-refractivity contribution in [3.05, 3.63) is 59.7 Å². The molecule has 2 aromatic carbocycles. The molecule has 1 atom stereocenters. The molecule has 4 rings (SSSR count). The SMILES string of the molecule is CCC(=O)CCCCC[C@H](NC(=O)Cc1c(C)[nH]c2ccc(OC)cc12)c1ncc(-c2ccc(OC)cc2OC)[nH]1. The van der Waals surface area contributed by atoms with Gasteiger partial charge in [0.15, 0.2) is 0 Å². The lowest BCUT2D eigenvalue weighted by Gasteiger charge is -2.17. The number of nitrogens with one attached hydrogen (secondary N) is 3. The maximum Gasteiger partial charge on any atom is 0.225 e. The molecule has 41 heavy (non-hydrogen) atoms. The highest BCUT2D eigenvalue weighted by atomic mass is 16.5. The standard InChI is InChI=1S/C32H40N4O5/c1-6-21(37)10-8-7-9-11-28(32-33-19-29(36-32)24-14-12-23(40-4)17-30(24)41-5)35-31(38)18-25-20(2)34-27-15-13-22(39-3)16-26(25)27/h12-17,19,28,34H,6-11,18H2,1-5H3,(H,33,36)(H,35,38)/t28-/m0/s1. The summed E-state index contributed by atoms with van der Waals surface area (Å²) in [5.41, 5.74) is 4.49. The van der Waals surface area contributed by atoms with E-state index < -0.39 is 0 Å². The summed E-state index contributed by atoms with van der Waals surface area (Å²) in [7, 11) is 4.86. The number of methoxy groups -OCH3 is 3. The number of aromatic amines is 2. The van der Waals surface area contributed by atoms with Gasteiger partial charge in [-0.05, 0) is 55.7 Å². The van der Waals surface area contributed by atoms with Crippen molar-refractivity contribution in [1.82, 2.24) is 20.3 Å². The number of hydrogen-bond donors (Lipinski definition) is 3. The summed E-state index contributed by atoms with van der Waals surface area (Å²) < 4.78 is 16.3. The van der Waals surface area contributed by atoms with E-state index in [0.29, 0.717) is 36.6 Å². The van der Waals surface area contributed by atoms with Gasteiger partial charge >= 0.3 is 0 Å². The van der Waals surface area contributed by atoms with Gasteiger partial charge in [0.05, 0.1) is 45.7 Å². The van der Waals surface area contributed by atoms with Gasteiger partial charge in [0.1, 0.15) is 28.9 Å². The summed E-state index contributed by atoms with van der Waals surface area (Å²) in [5, 5.41) is 4.19. The van der Waals surface area contributed by atoms with E-state index in [-0.39, 0.29) is 24.2 Å². The van der Waals surface area contributed by atoms with Crippen molar-refractivity contribution in [3.63, 3.8) is 0 Å². The zero-order chi connectivity index (χ0) is 29.4. The third-order valence-corrected chi connectivity index (χ3v) is 7.47. The Balaban J connectivity index is 1.54. The Morgan fingerprint density at radius 2 is 1.71 bits per heavy atom. The number of aromatic nitrogens is 3. The second-order valence-corrected chi connectivity index (χ2v) is 10.2. The molecule has 218 valence electrons. The Kier molecular flexibility index (Phi) is 10.1.